The van der Waals surface area contributed by atoms with Gasteiger partial charge in [0, 0.05) is 0 Å². The lowest BCUT2D eigenvalue weighted by molar-refractivity contribution is 0.435. The van der Waals surface area contributed by atoms with E-state index in [-0.39, 0.29) is 0 Å². The van der Waals surface area contributed by atoms with Gasteiger partial charge in [0.15, 0.2) is 11.5 Å². The second kappa shape index (κ2) is 5.82. The van der Waals surface area contributed by atoms with E-state index in [1.54, 1.807) is 12.1 Å². The molecule has 5 heteroatoms. The Morgan fingerprint density at radius 1 is 1.11 bits per heavy atom. The Morgan fingerprint density at radius 3 is 2.63 bits per heavy atom. The van der Waals surface area contributed by atoms with Gasteiger partial charge >= 0.3 is 10.4 Å². The zero-order valence-electron chi connectivity index (χ0n) is 11.4. The van der Waals surface area contributed by atoms with Crippen LogP contribution in [0.4, 0.5) is 0 Å². The van der Waals surface area contributed by atoms with Crippen LogP contribution in [0.5, 0.6) is 11.5 Å². The van der Waals surface area contributed by atoms with Crippen molar-refractivity contribution in [3.63, 3.8) is 0 Å². The van der Waals surface area contributed by atoms with Crippen molar-refractivity contribution in [2.45, 2.75) is 46.0 Å². The van der Waals surface area contributed by atoms with Gasteiger partial charge in [0.1, 0.15) is 0 Å². The summed E-state index contributed by atoms with van der Waals surface area (Å²) in [4.78, 5) is 0. The highest BCUT2D eigenvalue weighted by Gasteiger charge is 2.30. The van der Waals surface area contributed by atoms with E-state index >= 15 is 0 Å². The molecular weight excluding hydrogens is 264 g/mol. The van der Waals surface area contributed by atoms with E-state index in [1.807, 2.05) is 6.07 Å². The molecule has 0 saturated carbocycles. The van der Waals surface area contributed by atoms with Crippen molar-refractivity contribution in [2.24, 2.45) is 5.92 Å². The normalized spacial score (nSPS) is 15.9. The molecule has 0 N–H and O–H groups in total. The first-order chi connectivity index (χ1) is 8.98. The number of unbranched alkanes of at least 4 members (excludes halogenated alkanes) is 2. The molecule has 1 aromatic carbocycles. The third-order valence-corrected chi connectivity index (χ3v) is 3.92. The summed E-state index contributed by atoms with van der Waals surface area (Å²) in [6.45, 7) is 4.44. The van der Waals surface area contributed by atoms with Gasteiger partial charge < -0.3 is 8.37 Å². The summed E-state index contributed by atoms with van der Waals surface area (Å²) in [6, 6.07) is 5.31. The largest absolute Gasteiger partial charge is 0.501 e. The fourth-order valence-electron chi connectivity index (χ4n) is 2.19. The number of aryl methyl sites for hydroxylation is 1. The van der Waals surface area contributed by atoms with E-state index in [0.717, 1.165) is 30.7 Å². The minimum absolute atomic E-state index is 0.305. The van der Waals surface area contributed by atoms with Crippen molar-refractivity contribution in [1.82, 2.24) is 0 Å². The zero-order chi connectivity index (χ0) is 13.9. The quantitative estimate of drug-likeness (QED) is 0.751. The molecule has 0 aromatic heterocycles. The van der Waals surface area contributed by atoms with Crippen LogP contribution in [-0.2, 0) is 16.8 Å². The molecule has 0 bridgehead atoms. The monoisotopic (exact) mass is 284 g/mol. The minimum atomic E-state index is -3.87. The molecule has 1 aromatic rings. The highest BCUT2D eigenvalue weighted by molar-refractivity contribution is 7.82. The molecule has 0 fully saturated rings. The predicted octanol–water partition coefficient (Wildman–Crippen LogP) is 3.46. The fourth-order valence-corrected chi connectivity index (χ4v) is 2.97. The number of hydrogen-bond donors (Lipinski definition) is 0. The van der Waals surface area contributed by atoms with Crippen molar-refractivity contribution in [1.29, 1.82) is 0 Å². The average Bonchev–Trinajstić information content (AvgIpc) is 2.63. The second-order valence-corrected chi connectivity index (χ2v) is 6.46. The second-order valence-electron chi connectivity index (χ2n) is 5.31. The Hall–Kier alpha value is -1.23. The van der Waals surface area contributed by atoms with Crippen LogP contribution in [0.25, 0.3) is 0 Å². The number of hydrogen-bond acceptors (Lipinski definition) is 4. The van der Waals surface area contributed by atoms with Crippen LogP contribution in [0.1, 0.15) is 45.1 Å². The molecule has 0 atom stereocenters. The molecule has 2 rings (SSSR count). The molecule has 4 nitrogen and oxygen atoms in total. The average molecular weight is 284 g/mol. The molecule has 19 heavy (non-hydrogen) atoms. The Morgan fingerprint density at radius 2 is 1.89 bits per heavy atom. The van der Waals surface area contributed by atoms with Crippen LogP contribution in [0, 0.1) is 5.92 Å². The maximum Gasteiger partial charge on any atom is 0.501 e. The minimum Gasteiger partial charge on any atom is -0.349 e. The number of para-hydroxylation sites is 1. The van der Waals surface area contributed by atoms with Crippen LogP contribution in [0.2, 0.25) is 0 Å². The third-order valence-electron chi connectivity index (χ3n) is 3.17. The highest BCUT2D eigenvalue weighted by atomic mass is 32.3. The van der Waals surface area contributed by atoms with E-state index in [0.29, 0.717) is 11.5 Å². The maximum absolute atomic E-state index is 11.2. The Labute approximate surface area is 115 Å². The summed E-state index contributed by atoms with van der Waals surface area (Å²) >= 11 is 0. The molecule has 0 aliphatic carbocycles. The molecule has 0 unspecified atom stereocenters. The molecule has 0 spiro atoms. The molecule has 0 amide bonds. The summed E-state index contributed by atoms with van der Waals surface area (Å²) in [5, 5.41) is 0. The molecule has 1 heterocycles. The van der Waals surface area contributed by atoms with Gasteiger partial charge in [0.25, 0.3) is 0 Å². The van der Waals surface area contributed by atoms with Crippen molar-refractivity contribution in [3.8, 4) is 11.5 Å². The van der Waals surface area contributed by atoms with E-state index in [2.05, 4.69) is 13.8 Å². The first-order valence-corrected chi connectivity index (χ1v) is 8.07. The number of rotatable bonds is 6. The standard InChI is InChI=1S/C14H20O4S/c1-11(2)7-4-3-5-8-12-9-6-10-13-14(12)18-19(15,16)17-13/h6,9-11H,3-5,7-8H2,1-2H3. The maximum atomic E-state index is 11.2. The first kappa shape index (κ1) is 14.2. The van der Waals surface area contributed by atoms with Gasteiger partial charge in [0.2, 0.25) is 0 Å². The molecule has 1 aliphatic rings. The van der Waals surface area contributed by atoms with Crippen molar-refractivity contribution < 1.29 is 16.8 Å². The lowest BCUT2D eigenvalue weighted by atomic mass is 10.0. The van der Waals surface area contributed by atoms with Crippen LogP contribution in [0.3, 0.4) is 0 Å². The van der Waals surface area contributed by atoms with Gasteiger partial charge in [-0.25, -0.2) is 0 Å². The Bertz CT molecular complexity index is 534. The number of fused-ring (bicyclic) bond motifs is 1. The van der Waals surface area contributed by atoms with Crippen molar-refractivity contribution >= 4 is 10.4 Å². The highest BCUT2D eigenvalue weighted by Crippen LogP contribution is 2.39. The van der Waals surface area contributed by atoms with E-state index in [4.69, 9.17) is 8.37 Å². The van der Waals surface area contributed by atoms with Crippen LogP contribution in [-0.4, -0.2) is 8.42 Å². The summed E-state index contributed by atoms with van der Waals surface area (Å²) in [7, 11) is -3.87. The zero-order valence-corrected chi connectivity index (χ0v) is 12.2. The SMILES string of the molecule is CC(C)CCCCCc1cccc2c1OS(=O)(=O)O2. The van der Waals surface area contributed by atoms with Gasteiger partial charge in [-0.15, -0.1) is 8.42 Å². The van der Waals surface area contributed by atoms with Crippen molar-refractivity contribution in [3.05, 3.63) is 23.8 Å². The van der Waals surface area contributed by atoms with E-state index < -0.39 is 10.4 Å². The fraction of sp³-hybridized carbons (Fsp3) is 0.571. The predicted molar refractivity (Wildman–Crippen MR) is 73.6 cm³/mol. The van der Waals surface area contributed by atoms with E-state index in [1.165, 1.54) is 12.8 Å². The summed E-state index contributed by atoms with van der Waals surface area (Å²) < 4.78 is 32.1. The lowest BCUT2D eigenvalue weighted by Crippen LogP contribution is -2.08. The van der Waals surface area contributed by atoms with Gasteiger partial charge in [0.05, 0.1) is 0 Å². The topological polar surface area (TPSA) is 52.6 Å². The molecule has 0 saturated heterocycles. The van der Waals surface area contributed by atoms with Gasteiger partial charge in [-0.3, -0.25) is 0 Å². The van der Waals surface area contributed by atoms with Gasteiger partial charge in [-0.1, -0.05) is 45.2 Å². The molecule has 1 aliphatic heterocycles. The van der Waals surface area contributed by atoms with Crippen LogP contribution < -0.4 is 8.37 Å². The smallest absolute Gasteiger partial charge is 0.349 e. The van der Waals surface area contributed by atoms with Crippen LogP contribution >= 0.6 is 0 Å². The van der Waals surface area contributed by atoms with Crippen LogP contribution in [0.15, 0.2) is 18.2 Å². The van der Waals surface area contributed by atoms with Gasteiger partial charge in [-0.2, -0.15) is 0 Å². The summed E-state index contributed by atoms with van der Waals surface area (Å²) in [5.74, 6) is 1.41. The Balaban J connectivity index is 1.91. The van der Waals surface area contributed by atoms with E-state index in [9.17, 15) is 8.42 Å². The Kier molecular flexibility index (Phi) is 4.34. The molecular formula is C14H20O4S. The van der Waals surface area contributed by atoms with Crippen molar-refractivity contribution in [2.75, 3.05) is 0 Å². The molecule has 106 valence electrons. The number of benzene rings is 1. The first-order valence-electron chi connectivity index (χ1n) is 6.74. The lowest BCUT2D eigenvalue weighted by Gasteiger charge is -2.06. The summed E-state index contributed by atoms with van der Waals surface area (Å²) in [5.41, 5.74) is 0.906. The summed E-state index contributed by atoms with van der Waals surface area (Å²) in [6.07, 6.45) is 5.45. The molecule has 0 radical (unpaired) electrons. The third kappa shape index (κ3) is 3.86. The van der Waals surface area contributed by atoms with Gasteiger partial charge in [-0.05, 0) is 30.4 Å².